The lowest BCUT2D eigenvalue weighted by atomic mass is 9.82. The van der Waals surface area contributed by atoms with Crippen molar-refractivity contribution in [2.45, 2.75) is 52.1 Å². The summed E-state index contributed by atoms with van der Waals surface area (Å²) in [4.78, 5) is 0.685. The van der Waals surface area contributed by atoms with E-state index in [4.69, 9.17) is 0 Å². The minimum absolute atomic E-state index is 0.342. The lowest BCUT2D eigenvalue weighted by Gasteiger charge is -2.43. The Morgan fingerprint density at radius 1 is 1.12 bits per heavy atom. The van der Waals surface area contributed by atoms with Crippen LogP contribution in [0.5, 0.6) is 0 Å². The van der Waals surface area contributed by atoms with Gasteiger partial charge in [0.05, 0.1) is 0 Å². The van der Waals surface area contributed by atoms with Crippen molar-refractivity contribution in [2.75, 3.05) is 6.16 Å². The largest absolute Gasteiger partial charge is 0.0831 e. The van der Waals surface area contributed by atoms with Gasteiger partial charge in [-0.25, -0.2) is 0 Å². The number of allylic oxidation sites excluding steroid dienone is 2. The van der Waals surface area contributed by atoms with Crippen molar-refractivity contribution in [1.29, 1.82) is 0 Å². The van der Waals surface area contributed by atoms with Gasteiger partial charge >= 0.3 is 0 Å². The first-order chi connectivity index (χ1) is 7.19. The van der Waals surface area contributed by atoms with Crippen LogP contribution in [0.4, 0.5) is 0 Å². The van der Waals surface area contributed by atoms with Gasteiger partial charge in [0.1, 0.15) is 0 Å². The molecule has 0 aromatic rings. The molecule has 16 heavy (non-hydrogen) atoms. The molecule has 2 saturated heterocycles. The summed E-state index contributed by atoms with van der Waals surface area (Å²) in [5.41, 5.74) is 2.07. The standard InChI is InChI=1S/C14H24P2/c1-12(2,3)11-10-7-8-14(13(4,5)6)15(9-10)16(11)14/h7-8,10-11H,9H2,1-6H3. The van der Waals surface area contributed by atoms with Crippen LogP contribution in [-0.4, -0.2) is 16.7 Å². The lowest BCUT2D eigenvalue weighted by molar-refractivity contribution is 0.331. The molecule has 4 heterocycles. The molecule has 0 saturated carbocycles. The zero-order valence-electron chi connectivity index (χ0n) is 11.4. The Balaban J connectivity index is 2.02. The zero-order chi connectivity index (χ0) is 11.9. The van der Waals surface area contributed by atoms with Gasteiger partial charge in [0.2, 0.25) is 0 Å². The summed E-state index contributed by atoms with van der Waals surface area (Å²) in [5.74, 6) is 0.946. The third-order valence-corrected chi connectivity index (χ3v) is 15.8. The van der Waals surface area contributed by atoms with Crippen LogP contribution in [0.2, 0.25) is 0 Å². The highest BCUT2D eigenvalue weighted by Gasteiger charge is 2.77. The van der Waals surface area contributed by atoms with E-state index in [1.54, 1.807) is 6.16 Å². The Kier molecular flexibility index (Phi) is 2.15. The normalized spacial score (nSPS) is 49.6. The summed E-state index contributed by atoms with van der Waals surface area (Å²) in [6.07, 6.45) is 6.81. The van der Waals surface area contributed by atoms with Crippen LogP contribution < -0.4 is 0 Å². The molecule has 0 aromatic carbocycles. The average molecular weight is 254 g/mol. The minimum Gasteiger partial charge on any atom is -0.0831 e. The second kappa shape index (κ2) is 2.95. The highest BCUT2D eigenvalue weighted by molar-refractivity contribution is 8.48. The third kappa shape index (κ3) is 1.19. The Hall–Kier alpha value is 0.600. The molecule has 0 aromatic heterocycles. The van der Waals surface area contributed by atoms with Gasteiger partial charge < -0.3 is 0 Å². The van der Waals surface area contributed by atoms with Crippen molar-refractivity contribution in [3.05, 3.63) is 12.2 Å². The fourth-order valence-corrected chi connectivity index (χ4v) is 19.0. The van der Waals surface area contributed by atoms with E-state index in [1.165, 1.54) is 0 Å². The summed E-state index contributed by atoms with van der Waals surface area (Å²) >= 11 is 0. The highest BCUT2D eigenvalue weighted by atomic mass is 32.1. The average Bonchev–Trinajstić information content (AvgIpc) is 2.64. The maximum atomic E-state index is 2.65. The van der Waals surface area contributed by atoms with Gasteiger partial charge in [-0.3, -0.25) is 0 Å². The first kappa shape index (κ1) is 11.7. The van der Waals surface area contributed by atoms with Crippen molar-refractivity contribution in [3.8, 4) is 0 Å². The Morgan fingerprint density at radius 2 is 1.75 bits per heavy atom. The van der Waals surface area contributed by atoms with Crippen LogP contribution in [0.25, 0.3) is 0 Å². The predicted octanol–water partition coefficient (Wildman–Crippen LogP) is 5.24. The van der Waals surface area contributed by atoms with Crippen molar-refractivity contribution in [2.24, 2.45) is 16.7 Å². The summed E-state index contributed by atoms with van der Waals surface area (Å²) in [6.45, 7) is 14.8. The van der Waals surface area contributed by atoms with Crippen molar-refractivity contribution in [3.63, 3.8) is 0 Å². The van der Waals surface area contributed by atoms with Gasteiger partial charge in [-0.05, 0) is 28.6 Å². The van der Waals surface area contributed by atoms with E-state index in [2.05, 4.69) is 53.7 Å². The number of hydrogen-bond donors (Lipinski definition) is 0. The van der Waals surface area contributed by atoms with Crippen LogP contribution in [0.15, 0.2) is 12.2 Å². The molecule has 0 nitrogen and oxygen atoms in total. The fraction of sp³-hybridized carbons (Fsp3) is 0.857. The van der Waals surface area contributed by atoms with E-state index in [0.29, 0.717) is 30.9 Å². The summed E-state index contributed by atoms with van der Waals surface area (Å²) in [6, 6.07) is 0. The Bertz CT molecular complexity index is 358. The quantitative estimate of drug-likeness (QED) is 0.410. The van der Waals surface area contributed by atoms with Gasteiger partial charge in [-0.15, -0.1) is 0 Å². The van der Waals surface area contributed by atoms with E-state index in [9.17, 15) is 0 Å². The molecule has 4 aliphatic rings. The lowest BCUT2D eigenvalue weighted by Crippen LogP contribution is -2.39. The van der Waals surface area contributed by atoms with E-state index >= 15 is 0 Å². The van der Waals surface area contributed by atoms with Crippen LogP contribution in [0.1, 0.15) is 41.5 Å². The maximum Gasteiger partial charge on any atom is 0.0413 e. The second-order valence-corrected chi connectivity index (χ2v) is 14.7. The Labute approximate surface area is 103 Å². The molecule has 0 spiro atoms. The smallest absolute Gasteiger partial charge is 0.0413 e. The first-order valence-electron chi connectivity index (χ1n) is 6.46. The molecule has 0 aliphatic carbocycles. The maximum absolute atomic E-state index is 2.65. The molecule has 0 amide bonds. The van der Waals surface area contributed by atoms with Gasteiger partial charge in [0, 0.05) is 4.90 Å². The summed E-state index contributed by atoms with van der Waals surface area (Å²) in [7, 11) is 0.732. The highest BCUT2D eigenvalue weighted by Crippen LogP contribution is 3.12. The van der Waals surface area contributed by atoms with Crippen molar-refractivity contribution in [1.82, 2.24) is 0 Å². The molecule has 2 heteroatoms. The van der Waals surface area contributed by atoms with E-state index in [0.717, 1.165) is 11.6 Å². The van der Waals surface area contributed by atoms with Gasteiger partial charge in [0.15, 0.2) is 0 Å². The molecule has 5 unspecified atom stereocenters. The van der Waals surface area contributed by atoms with Gasteiger partial charge in [-0.2, -0.15) is 0 Å². The van der Waals surface area contributed by atoms with Crippen LogP contribution in [-0.2, 0) is 0 Å². The van der Waals surface area contributed by atoms with Crippen LogP contribution >= 0.6 is 15.2 Å². The van der Waals surface area contributed by atoms with E-state index in [-0.39, 0.29) is 0 Å². The molecule has 5 atom stereocenters. The molecule has 90 valence electrons. The zero-order valence-corrected chi connectivity index (χ0v) is 13.2. The topological polar surface area (TPSA) is 0 Å². The molecule has 4 bridgehead atoms. The van der Waals surface area contributed by atoms with Gasteiger partial charge in [-0.1, -0.05) is 68.9 Å². The van der Waals surface area contributed by atoms with Crippen molar-refractivity contribution >= 4 is 15.2 Å². The first-order valence-corrected chi connectivity index (χ1v) is 10.1. The molecule has 0 N–H and O–H groups in total. The second-order valence-electron chi connectivity index (χ2n) is 7.74. The molecule has 2 fully saturated rings. The van der Waals surface area contributed by atoms with E-state index < -0.39 is 0 Å². The molecule has 4 rings (SSSR count). The van der Waals surface area contributed by atoms with Crippen molar-refractivity contribution < 1.29 is 0 Å². The van der Waals surface area contributed by atoms with Gasteiger partial charge in [0.25, 0.3) is 0 Å². The minimum atomic E-state index is 0.342. The SMILES string of the molecule is CC(C)(C)C1C2C=CC3(C(C)(C)C)P(C2)P13. The third-order valence-electron chi connectivity index (χ3n) is 4.58. The summed E-state index contributed by atoms with van der Waals surface area (Å²) < 4.78 is 0. The molecular weight excluding hydrogens is 230 g/mol. The van der Waals surface area contributed by atoms with Crippen LogP contribution in [0.3, 0.4) is 0 Å². The molecule has 4 aliphatic heterocycles. The number of rotatable bonds is 0. The predicted molar refractivity (Wildman–Crippen MR) is 76.8 cm³/mol. The van der Waals surface area contributed by atoms with Crippen LogP contribution in [0, 0.1) is 16.7 Å². The summed E-state index contributed by atoms with van der Waals surface area (Å²) in [5, 5.41) is 0. The van der Waals surface area contributed by atoms with E-state index in [1.807, 2.05) is 0 Å². The number of hydrogen-bond acceptors (Lipinski definition) is 0. The monoisotopic (exact) mass is 254 g/mol. The molecule has 0 radical (unpaired) electrons. The Morgan fingerprint density at radius 3 is 2.19 bits per heavy atom. The molecular formula is C14H24P2. The fourth-order valence-electron chi connectivity index (χ4n) is 3.94.